The second-order valence-electron chi connectivity index (χ2n) is 6.43. The lowest BCUT2D eigenvalue weighted by molar-refractivity contribution is 0.0526. The van der Waals surface area contributed by atoms with Gasteiger partial charge in [-0.2, -0.15) is 9.97 Å². The first-order valence-electron chi connectivity index (χ1n) is 9.39. The van der Waals surface area contributed by atoms with Gasteiger partial charge in [-0.15, -0.1) is 0 Å². The highest BCUT2D eigenvalue weighted by atomic mass is 16.5. The fourth-order valence-corrected chi connectivity index (χ4v) is 2.84. The van der Waals surface area contributed by atoms with E-state index in [1.54, 1.807) is 43.3 Å². The molecule has 0 spiro atoms. The van der Waals surface area contributed by atoms with Gasteiger partial charge in [0.15, 0.2) is 17.0 Å². The molecular formula is C21H18N6O4. The molecule has 2 aromatic heterocycles. The van der Waals surface area contributed by atoms with Crippen LogP contribution in [0.5, 0.6) is 0 Å². The van der Waals surface area contributed by atoms with Gasteiger partial charge in [-0.1, -0.05) is 0 Å². The lowest BCUT2D eigenvalue weighted by atomic mass is 10.2. The van der Waals surface area contributed by atoms with Crippen LogP contribution in [0.25, 0.3) is 11.2 Å². The maximum absolute atomic E-state index is 11.8. The third-order valence-electron chi connectivity index (χ3n) is 4.33. The molecule has 0 aliphatic carbocycles. The quantitative estimate of drug-likeness (QED) is 0.330. The molecule has 0 atom stereocenters. The van der Waals surface area contributed by atoms with E-state index in [2.05, 4.69) is 30.6 Å². The number of anilines is 4. The van der Waals surface area contributed by atoms with E-state index in [1.165, 1.54) is 18.5 Å². The first-order chi connectivity index (χ1) is 15.0. The van der Waals surface area contributed by atoms with E-state index in [9.17, 15) is 9.59 Å². The van der Waals surface area contributed by atoms with Crippen LogP contribution in [0.4, 0.5) is 23.1 Å². The minimum absolute atomic E-state index is 0.187. The highest BCUT2D eigenvalue weighted by Gasteiger charge is 2.12. The van der Waals surface area contributed by atoms with Crippen LogP contribution in [0.1, 0.15) is 27.6 Å². The van der Waals surface area contributed by atoms with E-state index in [1.807, 2.05) is 0 Å². The summed E-state index contributed by atoms with van der Waals surface area (Å²) in [6, 6.07) is 13.0. The van der Waals surface area contributed by atoms with Gasteiger partial charge in [-0.3, -0.25) is 0 Å². The van der Waals surface area contributed by atoms with Crippen LogP contribution < -0.4 is 10.6 Å². The summed E-state index contributed by atoms with van der Waals surface area (Å²) >= 11 is 0. The Kier molecular flexibility index (Phi) is 5.43. The summed E-state index contributed by atoms with van der Waals surface area (Å²) in [6.07, 6.45) is 1.51. The number of ether oxygens (including phenoxy) is 1. The zero-order valence-corrected chi connectivity index (χ0v) is 16.4. The Balaban J connectivity index is 1.58. The van der Waals surface area contributed by atoms with Gasteiger partial charge in [0.05, 0.1) is 24.1 Å². The van der Waals surface area contributed by atoms with Crippen molar-refractivity contribution in [1.82, 2.24) is 19.9 Å². The van der Waals surface area contributed by atoms with Crippen molar-refractivity contribution >= 4 is 46.2 Å². The van der Waals surface area contributed by atoms with Crippen LogP contribution in [0.15, 0.2) is 54.9 Å². The third-order valence-corrected chi connectivity index (χ3v) is 4.33. The number of carboxylic acid groups (broad SMARTS) is 1. The molecule has 0 radical (unpaired) electrons. The third kappa shape index (κ3) is 4.42. The van der Waals surface area contributed by atoms with Crippen molar-refractivity contribution in [3.8, 4) is 0 Å². The zero-order chi connectivity index (χ0) is 21.8. The first-order valence-corrected chi connectivity index (χ1v) is 9.39. The molecule has 2 heterocycles. The van der Waals surface area contributed by atoms with Crippen LogP contribution in [0, 0.1) is 0 Å². The fourth-order valence-electron chi connectivity index (χ4n) is 2.84. The summed E-state index contributed by atoms with van der Waals surface area (Å²) in [4.78, 5) is 38.9. The lowest BCUT2D eigenvalue weighted by Crippen LogP contribution is -2.05. The van der Waals surface area contributed by atoms with Gasteiger partial charge in [-0.05, 0) is 55.5 Å². The Morgan fingerprint density at radius 3 is 2.26 bits per heavy atom. The minimum atomic E-state index is -0.997. The Morgan fingerprint density at radius 1 is 0.968 bits per heavy atom. The van der Waals surface area contributed by atoms with Crippen molar-refractivity contribution in [2.24, 2.45) is 0 Å². The second kappa shape index (κ2) is 8.49. The van der Waals surface area contributed by atoms with Crippen molar-refractivity contribution in [3.05, 3.63) is 66.0 Å². The molecule has 2 aromatic carbocycles. The number of aromatic nitrogens is 4. The number of rotatable bonds is 7. The molecule has 31 heavy (non-hydrogen) atoms. The topological polar surface area (TPSA) is 142 Å². The summed E-state index contributed by atoms with van der Waals surface area (Å²) in [7, 11) is 0. The normalized spacial score (nSPS) is 10.6. The zero-order valence-electron chi connectivity index (χ0n) is 16.4. The maximum Gasteiger partial charge on any atom is 0.338 e. The van der Waals surface area contributed by atoms with Crippen LogP contribution in [0.3, 0.4) is 0 Å². The number of carbonyl (C=O) groups is 2. The largest absolute Gasteiger partial charge is 0.478 e. The summed E-state index contributed by atoms with van der Waals surface area (Å²) in [5.41, 5.74) is 3.02. The van der Waals surface area contributed by atoms with E-state index in [-0.39, 0.29) is 11.5 Å². The molecule has 4 rings (SSSR count). The standard InChI is InChI=1S/C21H18N6O4/c1-2-31-20(30)13-5-9-15(10-6-13)25-21-26-17-16(22-11-23-17)18(27-21)24-14-7-3-12(4-8-14)19(28)29/h3-11H,2H2,1H3,(H,28,29)(H3,22,23,24,25,26,27). The number of hydrogen-bond donors (Lipinski definition) is 4. The SMILES string of the molecule is CCOC(=O)c1ccc(Nc2nc(Nc3ccc(C(=O)O)cc3)c3nc[nH]c3n2)cc1. The predicted octanol–water partition coefficient (Wildman–Crippen LogP) is 3.72. The van der Waals surface area contributed by atoms with Gasteiger partial charge >= 0.3 is 11.9 Å². The summed E-state index contributed by atoms with van der Waals surface area (Å²) < 4.78 is 4.98. The molecule has 0 saturated heterocycles. The smallest absolute Gasteiger partial charge is 0.338 e. The van der Waals surface area contributed by atoms with Gasteiger partial charge in [-0.25, -0.2) is 14.6 Å². The summed E-state index contributed by atoms with van der Waals surface area (Å²) in [5, 5.41) is 15.3. The monoisotopic (exact) mass is 418 g/mol. The number of carbonyl (C=O) groups excluding carboxylic acids is 1. The minimum Gasteiger partial charge on any atom is -0.478 e. The molecule has 156 valence electrons. The molecule has 0 amide bonds. The molecular weight excluding hydrogens is 400 g/mol. The van der Waals surface area contributed by atoms with Crippen molar-refractivity contribution < 1.29 is 19.4 Å². The van der Waals surface area contributed by atoms with Gasteiger partial charge < -0.3 is 25.5 Å². The molecule has 4 N–H and O–H groups in total. The van der Waals surface area contributed by atoms with Gasteiger partial charge in [0.25, 0.3) is 0 Å². The maximum atomic E-state index is 11.8. The number of esters is 1. The number of imidazole rings is 1. The Labute approximate surface area is 176 Å². The van der Waals surface area contributed by atoms with Crippen LogP contribution in [0.2, 0.25) is 0 Å². The second-order valence-corrected chi connectivity index (χ2v) is 6.43. The molecule has 0 aliphatic heterocycles. The number of carboxylic acids is 1. The average molecular weight is 418 g/mol. The molecule has 0 fully saturated rings. The number of nitrogens with one attached hydrogen (secondary N) is 3. The number of hydrogen-bond acceptors (Lipinski definition) is 8. The number of fused-ring (bicyclic) bond motifs is 1. The molecule has 0 saturated carbocycles. The highest BCUT2D eigenvalue weighted by molar-refractivity contribution is 5.90. The Bertz CT molecular complexity index is 1240. The number of benzene rings is 2. The van der Waals surface area contributed by atoms with E-state index in [0.29, 0.717) is 46.5 Å². The van der Waals surface area contributed by atoms with Crippen molar-refractivity contribution in [2.75, 3.05) is 17.2 Å². The summed E-state index contributed by atoms with van der Waals surface area (Å²) in [5.74, 6) is -0.626. The molecule has 0 aliphatic rings. The first kappa shape index (κ1) is 19.8. The number of nitrogens with zero attached hydrogens (tertiary/aromatic N) is 3. The average Bonchev–Trinajstić information content (AvgIpc) is 3.24. The van der Waals surface area contributed by atoms with Crippen molar-refractivity contribution in [2.45, 2.75) is 6.92 Å². The van der Waals surface area contributed by atoms with E-state index >= 15 is 0 Å². The highest BCUT2D eigenvalue weighted by Crippen LogP contribution is 2.24. The van der Waals surface area contributed by atoms with Crippen LogP contribution in [-0.2, 0) is 4.74 Å². The van der Waals surface area contributed by atoms with E-state index in [4.69, 9.17) is 9.84 Å². The molecule has 10 nitrogen and oxygen atoms in total. The van der Waals surface area contributed by atoms with Crippen molar-refractivity contribution in [3.63, 3.8) is 0 Å². The van der Waals surface area contributed by atoms with Crippen molar-refractivity contribution in [1.29, 1.82) is 0 Å². The van der Waals surface area contributed by atoms with Gasteiger partial charge in [0, 0.05) is 11.4 Å². The van der Waals surface area contributed by atoms with E-state index < -0.39 is 5.97 Å². The number of aromatic amines is 1. The lowest BCUT2D eigenvalue weighted by Gasteiger charge is -2.10. The predicted molar refractivity (Wildman–Crippen MR) is 114 cm³/mol. The van der Waals surface area contributed by atoms with Gasteiger partial charge in [0.1, 0.15) is 0 Å². The molecule has 4 aromatic rings. The molecule has 0 unspecified atom stereocenters. The van der Waals surface area contributed by atoms with E-state index in [0.717, 1.165) is 0 Å². The number of aromatic carboxylic acids is 1. The molecule has 10 heteroatoms. The Morgan fingerprint density at radius 2 is 1.61 bits per heavy atom. The Hall–Kier alpha value is -4.47. The fraction of sp³-hybridized carbons (Fsp3) is 0.0952. The number of H-pyrrole nitrogens is 1. The molecule has 0 bridgehead atoms. The van der Waals surface area contributed by atoms with Crippen LogP contribution in [-0.4, -0.2) is 43.6 Å². The summed E-state index contributed by atoms with van der Waals surface area (Å²) in [6.45, 7) is 2.06. The van der Waals surface area contributed by atoms with Gasteiger partial charge in [0.2, 0.25) is 5.95 Å². The van der Waals surface area contributed by atoms with Crippen LogP contribution >= 0.6 is 0 Å².